The molecule has 0 fully saturated rings. The van der Waals surface area contributed by atoms with E-state index < -0.39 is 0 Å². The number of carbonyl (C=O) groups excluding carboxylic acids is 1. The molecule has 1 aromatic carbocycles. The summed E-state index contributed by atoms with van der Waals surface area (Å²) in [6.45, 7) is 0.761. The van der Waals surface area contributed by atoms with E-state index in [1.807, 2.05) is 23.1 Å². The van der Waals surface area contributed by atoms with Crippen molar-refractivity contribution >= 4 is 11.6 Å². The number of rotatable bonds is 1. The quantitative estimate of drug-likeness (QED) is 0.756. The van der Waals surface area contributed by atoms with Crippen molar-refractivity contribution in [2.45, 2.75) is 44.9 Å². The van der Waals surface area contributed by atoms with Crippen molar-refractivity contribution in [3.63, 3.8) is 0 Å². The molecule has 0 saturated carbocycles. The Labute approximate surface area is 130 Å². The second-order valence-electron chi connectivity index (χ2n) is 6.18. The van der Waals surface area contributed by atoms with Gasteiger partial charge >= 0.3 is 0 Å². The number of amides is 1. The van der Waals surface area contributed by atoms with Crippen LogP contribution in [0.3, 0.4) is 0 Å². The highest BCUT2D eigenvalue weighted by molar-refractivity contribution is 6.06. The van der Waals surface area contributed by atoms with Crippen LogP contribution in [0.2, 0.25) is 0 Å². The van der Waals surface area contributed by atoms with Crippen molar-refractivity contribution in [3.05, 3.63) is 46.8 Å². The number of aromatic nitrogens is 1. The van der Waals surface area contributed by atoms with E-state index in [4.69, 9.17) is 4.52 Å². The normalized spacial score (nSPS) is 17.5. The SMILES string of the molecule is O=C(c1noc2c1CCCCC2)N1CCCc2ccccc21. The first-order chi connectivity index (χ1) is 10.8. The number of fused-ring (bicyclic) bond motifs is 2. The van der Waals surface area contributed by atoms with Gasteiger partial charge in [0.15, 0.2) is 5.69 Å². The van der Waals surface area contributed by atoms with Gasteiger partial charge < -0.3 is 9.42 Å². The Balaban J connectivity index is 1.70. The summed E-state index contributed by atoms with van der Waals surface area (Å²) in [5.41, 5.74) is 3.86. The minimum Gasteiger partial charge on any atom is -0.360 e. The van der Waals surface area contributed by atoms with Crippen molar-refractivity contribution < 1.29 is 9.32 Å². The molecule has 2 heterocycles. The number of anilines is 1. The summed E-state index contributed by atoms with van der Waals surface area (Å²) in [6.07, 6.45) is 7.30. The molecule has 4 rings (SSSR count). The van der Waals surface area contributed by atoms with Gasteiger partial charge in [-0.3, -0.25) is 4.79 Å². The Morgan fingerprint density at radius 1 is 1.05 bits per heavy atom. The number of hydrogen-bond acceptors (Lipinski definition) is 3. The zero-order valence-electron chi connectivity index (χ0n) is 12.7. The van der Waals surface area contributed by atoms with Crippen molar-refractivity contribution in [2.24, 2.45) is 0 Å². The Morgan fingerprint density at radius 3 is 2.86 bits per heavy atom. The van der Waals surface area contributed by atoms with Crippen molar-refractivity contribution in [2.75, 3.05) is 11.4 Å². The maximum absolute atomic E-state index is 13.0. The predicted octanol–water partition coefficient (Wildman–Crippen LogP) is 3.54. The molecule has 0 atom stereocenters. The second-order valence-corrected chi connectivity index (χ2v) is 6.18. The van der Waals surface area contributed by atoms with Crippen molar-refractivity contribution in [3.8, 4) is 0 Å². The van der Waals surface area contributed by atoms with Crippen molar-refractivity contribution in [1.82, 2.24) is 5.16 Å². The predicted molar refractivity (Wildman–Crippen MR) is 84.2 cm³/mol. The molecule has 2 aliphatic rings. The molecule has 0 radical (unpaired) electrons. The van der Waals surface area contributed by atoms with Gasteiger partial charge in [0.05, 0.1) is 0 Å². The molecule has 1 amide bonds. The first-order valence-electron chi connectivity index (χ1n) is 8.22. The van der Waals surface area contributed by atoms with Gasteiger partial charge in [-0.1, -0.05) is 29.8 Å². The van der Waals surface area contributed by atoms with E-state index >= 15 is 0 Å². The fourth-order valence-corrected chi connectivity index (χ4v) is 3.60. The molecule has 0 N–H and O–H groups in total. The van der Waals surface area contributed by atoms with Gasteiger partial charge in [0.2, 0.25) is 0 Å². The topological polar surface area (TPSA) is 46.3 Å². The van der Waals surface area contributed by atoms with E-state index in [1.54, 1.807) is 0 Å². The number of hydrogen-bond donors (Lipinski definition) is 0. The van der Waals surface area contributed by atoms with Gasteiger partial charge in [-0.2, -0.15) is 0 Å². The average molecular weight is 296 g/mol. The van der Waals surface area contributed by atoms with E-state index in [1.165, 1.54) is 12.0 Å². The fourth-order valence-electron chi connectivity index (χ4n) is 3.60. The van der Waals surface area contributed by atoms with Crippen LogP contribution in [0.15, 0.2) is 28.8 Å². The van der Waals surface area contributed by atoms with E-state index in [0.717, 1.165) is 62.1 Å². The van der Waals surface area contributed by atoms with Crippen LogP contribution in [0, 0.1) is 0 Å². The number of carbonyl (C=O) groups is 1. The van der Waals surface area contributed by atoms with Crippen LogP contribution in [0.5, 0.6) is 0 Å². The molecular formula is C18H20N2O2. The molecular weight excluding hydrogens is 276 g/mol. The van der Waals surface area contributed by atoms with E-state index in [9.17, 15) is 4.79 Å². The molecule has 2 aromatic rings. The molecule has 4 nitrogen and oxygen atoms in total. The monoisotopic (exact) mass is 296 g/mol. The Hall–Kier alpha value is -2.10. The number of para-hydroxylation sites is 1. The highest BCUT2D eigenvalue weighted by Gasteiger charge is 2.29. The summed E-state index contributed by atoms with van der Waals surface area (Å²) in [7, 11) is 0. The smallest absolute Gasteiger partial charge is 0.280 e. The summed E-state index contributed by atoms with van der Waals surface area (Å²) in [5.74, 6) is 0.921. The van der Waals surface area contributed by atoms with Gasteiger partial charge in [0, 0.05) is 24.2 Å². The first kappa shape index (κ1) is 13.6. The standard InChI is InChI=1S/C18H20N2O2/c21-18(17-14-9-2-1-3-11-16(14)22-19-17)20-12-6-8-13-7-4-5-10-15(13)20/h4-5,7,10H,1-3,6,8-9,11-12H2. The molecule has 0 saturated heterocycles. The number of benzene rings is 1. The van der Waals surface area contributed by atoms with E-state index in [2.05, 4.69) is 11.2 Å². The molecule has 0 unspecified atom stereocenters. The molecule has 0 bridgehead atoms. The van der Waals surface area contributed by atoms with Gasteiger partial charge in [-0.15, -0.1) is 0 Å². The fraction of sp³-hybridized carbons (Fsp3) is 0.444. The molecule has 4 heteroatoms. The zero-order chi connectivity index (χ0) is 14.9. The zero-order valence-corrected chi connectivity index (χ0v) is 12.7. The Bertz CT molecular complexity index is 705. The highest BCUT2D eigenvalue weighted by Crippen LogP contribution is 2.30. The molecule has 22 heavy (non-hydrogen) atoms. The minimum atomic E-state index is -0.000880. The lowest BCUT2D eigenvalue weighted by Crippen LogP contribution is -2.36. The molecule has 0 spiro atoms. The Kier molecular flexibility index (Phi) is 3.45. The summed E-state index contributed by atoms with van der Waals surface area (Å²) in [5, 5.41) is 4.12. The summed E-state index contributed by atoms with van der Waals surface area (Å²) in [6, 6.07) is 8.17. The molecule has 114 valence electrons. The average Bonchev–Trinajstić information content (AvgIpc) is 2.82. The second kappa shape index (κ2) is 5.59. The van der Waals surface area contributed by atoms with Crippen molar-refractivity contribution in [1.29, 1.82) is 0 Å². The van der Waals surface area contributed by atoms with Crippen LogP contribution in [0.1, 0.15) is 53.1 Å². The third-order valence-corrected chi connectivity index (χ3v) is 4.76. The van der Waals surface area contributed by atoms with Crippen LogP contribution in [0.4, 0.5) is 5.69 Å². The molecule has 1 aromatic heterocycles. The maximum Gasteiger partial charge on any atom is 0.280 e. The van der Waals surface area contributed by atoms with E-state index in [-0.39, 0.29) is 5.91 Å². The number of aryl methyl sites for hydroxylation is 2. The minimum absolute atomic E-state index is 0.000880. The summed E-state index contributed by atoms with van der Waals surface area (Å²) in [4.78, 5) is 14.9. The van der Waals surface area contributed by atoms with Gasteiger partial charge in [-0.05, 0) is 43.7 Å². The lowest BCUT2D eigenvalue weighted by atomic mass is 10.0. The third kappa shape index (κ3) is 2.23. The van der Waals surface area contributed by atoms with Crippen LogP contribution < -0.4 is 4.90 Å². The molecule has 1 aliphatic heterocycles. The molecule has 1 aliphatic carbocycles. The Morgan fingerprint density at radius 2 is 1.91 bits per heavy atom. The summed E-state index contributed by atoms with van der Waals surface area (Å²) >= 11 is 0. The lowest BCUT2D eigenvalue weighted by molar-refractivity contribution is 0.0975. The number of nitrogens with zero attached hydrogens (tertiary/aromatic N) is 2. The van der Waals surface area contributed by atoms with Crippen LogP contribution in [-0.4, -0.2) is 17.6 Å². The van der Waals surface area contributed by atoms with Gasteiger partial charge in [-0.25, -0.2) is 0 Å². The van der Waals surface area contributed by atoms with Crippen LogP contribution >= 0.6 is 0 Å². The van der Waals surface area contributed by atoms with E-state index in [0.29, 0.717) is 5.69 Å². The maximum atomic E-state index is 13.0. The highest BCUT2D eigenvalue weighted by atomic mass is 16.5. The van der Waals surface area contributed by atoms with Gasteiger partial charge in [0.1, 0.15) is 5.76 Å². The first-order valence-corrected chi connectivity index (χ1v) is 8.22. The van der Waals surface area contributed by atoms with Crippen LogP contribution in [0.25, 0.3) is 0 Å². The summed E-state index contributed by atoms with van der Waals surface area (Å²) < 4.78 is 5.47. The lowest BCUT2D eigenvalue weighted by Gasteiger charge is -2.29. The van der Waals surface area contributed by atoms with Crippen LogP contribution in [-0.2, 0) is 19.3 Å². The third-order valence-electron chi connectivity index (χ3n) is 4.76. The van der Waals surface area contributed by atoms with Gasteiger partial charge in [0.25, 0.3) is 5.91 Å². The largest absolute Gasteiger partial charge is 0.360 e.